The van der Waals surface area contributed by atoms with Gasteiger partial charge in [-0.3, -0.25) is 4.79 Å². The molecule has 1 aliphatic rings. The average Bonchev–Trinajstić information content (AvgIpc) is 2.89. The van der Waals surface area contributed by atoms with Crippen molar-refractivity contribution in [3.8, 4) is 0 Å². The highest BCUT2D eigenvalue weighted by molar-refractivity contribution is 5.67. The van der Waals surface area contributed by atoms with Crippen molar-refractivity contribution in [3.05, 3.63) is 65.2 Å². The quantitative estimate of drug-likeness (QED) is 0.914. The van der Waals surface area contributed by atoms with Gasteiger partial charge in [-0.1, -0.05) is 42.5 Å². The van der Waals surface area contributed by atoms with Crippen molar-refractivity contribution in [3.63, 3.8) is 0 Å². The molecule has 0 fully saturated rings. The van der Waals surface area contributed by atoms with Gasteiger partial charge in [0.15, 0.2) is 0 Å². The first kappa shape index (κ1) is 13.7. The van der Waals surface area contributed by atoms with E-state index in [0.29, 0.717) is 6.42 Å². The highest BCUT2D eigenvalue weighted by Gasteiger charge is 2.19. The summed E-state index contributed by atoms with van der Waals surface area (Å²) in [7, 11) is 0. The molecule has 0 aromatic heterocycles. The van der Waals surface area contributed by atoms with Gasteiger partial charge in [-0.25, -0.2) is 0 Å². The first-order valence-electron chi connectivity index (χ1n) is 7.35. The molecular formula is C18H19NO2. The maximum Gasteiger partial charge on any atom is 0.303 e. The molecule has 0 spiro atoms. The summed E-state index contributed by atoms with van der Waals surface area (Å²) in [5, 5.41) is 8.77. The van der Waals surface area contributed by atoms with E-state index in [1.807, 2.05) is 6.07 Å². The van der Waals surface area contributed by atoms with Crippen LogP contribution in [-0.4, -0.2) is 17.6 Å². The number of hydrogen-bond donors (Lipinski definition) is 1. The molecule has 3 heteroatoms. The zero-order valence-electron chi connectivity index (χ0n) is 12.0. The molecule has 3 nitrogen and oxygen atoms in total. The van der Waals surface area contributed by atoms with Crippen LogP contribution < -0.4 is 4.90 Å². The molecule has 1 N–H and O–H groups in total. The Morgan fingerprint density at radius 1 is 1.10 bits per heavy atom. The van der Waals surface area contributed by atoms with Crippen molar-refractivity contribution >= 4 is 11.7 Å². The van der Waals surface area contributed by atoms with Gasteiger partial charge in [-0.05, 0) is 35.6 Å². The van der Waals surface area contributed by atoms with E-state index in [1.165, 1.54) is 16.8 Å². The maximum absolute atomic E-state index is 10.7. The van der Waals surface area contributed by atoms with Gasteiger partial charge in [-0.15, -0.1) is 0 Å². The van der Waals surface area contributed by atoms with Gasteiger partial charge >= 0.3 is 5.97 Å². The Morgan fingerprint density at radius 2 is 1.90 bits per heavy atom. The van der Waals surface area contributed by atoms with Crippen LogP contribution in [-0.2, 0) is 24.2 Å². The Bertz CT molecular complexity index is 637. The molecule has 3 rings (SSSR count). The molecule has 2 aromatic rings. The number of hydrogen-bond acceptors (Lipinski definition) is 2. The average molecular weight is 281 g/mol. The number of anilines is 1. The van der Waals surface area contributed by atoms with Crippen LogP contribution in [0.1, 0.15) is 23.1 Å². The Morgan fingerprint density at radius 3 is 2.67 bits per heavy atom. The standard InChI is InChI=1S/C18H19NO2/c20-18(21)9-7-14-6-8-17-16(12-14)10-11-19(17)13-15-4-2-1-3-5-15/h1-6,8,12H,7,9-11,13H2,(H,20,21). The molecule has 0 aliphatic carbocycles. The number of carboxylic acids is 1. The zero-order chi connectivity index (χ0) is 14.7. The van der Waals surface area contributed by atoms with Crippen molar-refractivity contribution in [1.29, 1.82) is 0 Å². The fourth-order valence-corrected chi connectivity index (χ4v) is 2.90. The normalized spacial score (nSPS) is 13.2. The summed E-state index contributed by atoms with van der Waals surface area (Å²) in [5.74, 6) is -0.735. The van der Waals surface area contributed by atoms with Crippen molar-refractivity contribution < 1.29 is 9.90 Å². The second-order valence-corrected chi connectivity index (χ2v) is 5.51. The molecule has 21 heavy (non-hydrogen) atoms. The number of rotatable bonds is 5. The molecule has 0 atom stereocenters. The smallest absolute Gasteiger partial charge is 0.303 e. The summed E-state index contributed by atoms with van der Waals surface area (Å²) < 4.78 is 0. The van der Waals surface area contributed by atoms with E-state index in [9.17, 15) is 4.79 Å². The zero-order valence-corrected chi connectivity index (χ0v) is 12.0. The van der Waals surface area contributed by atoms with E-state index in [2.05, 4.69) is 47.4 Å². The van der Waals surface area contributed by atoms with Crippen molar-refractivity contribution in [2.45, 2.75) is 25.8 Å². The van der Waals surface area contributed by atoms with Gasteiger partial charge in [0.05, 0.1) is 0 Å². The predicted octanol–water partition coefficient (Wildman–Crippen LogP) is 3.27. The van der Waals surface area contributed by atoms with Gasteiger partial charge < -0.3 is 10.0 Å². The van der Waals surface area contributed by atoms with E-state index in [4.69, 9.17) is 5.11 Å². The van der Waals surface area contributed by atoms with Crippen LogP contribution in [0, 0.1) is 0 Å². The Labute approximate surface area is 124 Å². The second-order valence-electron chi connectivity index (χ2n) is 5.51. The van der Waals surface area contributed by atoms with Gasteiger partial charge in [0, 0.05) is 25.2 Å². The summed E-state index contributed by atoms with van der Waals surface area (Å²) in [4.78, 5) is 13.0. The Kier molecular flexibility index (Phi) is 3.91. The SMILES string of the molecule is O=C(O)CCc1ccc2c(c1)CCN2Cc1ccccc1. The van der Waals surface area contributed by atoms with E-state index in [-0.39, 0.29) is 6.42 Å². The fourth-order valence-electron chi connectivity index (χ4n) is 2.90. The van der Waals surface area contributed by atoms with Crippen LogP contribution in [0.2, 0.25) is 0 Å². The van der Waals surface area contributed by atoms with Crippen LogP contribution in [0.25, 0.3) is 0 Å². The van der Waals surface area contributed by atoms with Crippen LogP contribution in [0.3, 0.4) is 0 Å². The lowest BCUT2D eigenvalue weighted by molar-refractivity contribution is -0.136. The van der Waals surface area contributed by atoms with E-state index in [0.717, 1.165) is 25.1 Å². The molecule has 0 amide bonds. The van der Waals surface area contributed by atoms with Crippen molar-refractivity contribution in [2.24, 2.45) is 0 Å². The van der Waals surface area contributed by atoms with Crippen molar-refractivity contribution in [1.82, 2.24) is 0 Å². The summed E-state index contributed by atoms with van der Waals surface area (Å²) in [5.41, 5.74) is 5.07. The molecule has 0 radical (unpaired) electrons. The number of aliphatic carboxylic acids is 1. The molecule has 1 heterocycles. The number of fused-ring (bicyclic) bond motifs is 1. The minimum absolute atomic E-state index is 0.201. The topological polar surface area (TPSA) is 40.5 Å². The van der Waals surface area contributed by atoms with Crippen LogP contribution in [0.5, 0.6) is 0 Å². The lowest BCUT2D eigenvalue weighted by Gasteiger charge is -2.19. The molecular weight excluding hydrogens is 262 g/mol. The molecule has 2 aromatic carbocycles. The highest BCUT2D eigenvalue weighted by Crippen LogP contribution is 2.30. The Hall–Kier alpha value is -2.29. The fraction of sp³-hybridized carbons (Fsp3) is 0.278. The van der Waals surface area contributed by atoms with Gasteiger partial charge in [0.1, 0.15) is 0 Å². The third-order valence-corrected chi connectivity index (χ3v) is 3.98. The number of carboxylic acid groups (broad SMARTS) is 1. The lowest BCUT2D eigenvalue weighted by Crippen LogP contribution is -2.19. The lowest BCUT2D eigenvalue weighted by atomic mass is 10.0. The van der Waals surface area contributed by atoms with Gasteiger partial charge in [0.25, 0.3) is 0 Å². The number of carbonyl (C=O) groups is 1. The third kappa shape index (κ3) is 3.24. The third-order valence-electron chi connectivity index (χ3n) is 3.98. The predicted molar refractivity (Wildman–Crippen MR) is 83.6 cm³/mol. The first-order chi connectivity index (χ1) is 10.2. The summed E-state index contributed by atoms with van der Waals surface area (Å²) in [6.07, 6.45) is 1.86. The van der Waals surface area contributed by atoms with Gasteiger partial charge in [0.2, 0.25) is 0 Å². The molecule has 1 aliphatic heterocycles. The number of aryl methyl sites for hydroxylation is 1. The van der Waals surface area contributed by atoms with Crippen LogP contribution in [0.4, 0.5) is 5.69 Å². The monoisotopic (exact) mass is 281 g/mol. The second kappa shape index (κ2) is 6.00. The molecule has 0 saturated carbocycles. The van der Waals surface area contributed by atoms with E-state index >= 15 is 0 Å². The van der Waals surface area contributed by atoms with Crippen LogP contribution >= 0.6 is 0 Å². The number of benzene rings is 2. The molecule has 0 unspecified atom stereocenters. The minimum atomic E-state index is -0.735. The summed E-state index contributed by atoms with van der Waals surface area (Å²) in [6.45, 7) is 1.97. The molecule has 0 saturated heterocycles. The highest BCUT2D eigenvalue weighted by atomic mass is 16.4. The maximum atomic E-state index is 10.7. The molecule has 108 valence electrons. The summed E-state index contributed by atoms with van der Waals surface area (Å²) in [6, 6.07) is 16.9. The van der Waals surface area contributed by atoms with Crippen LogP contribution in [0.15, 0.2) is 48.5 Å². The van der Waals surface area contributed by atoms with Crippen molar-refractivity contribution in [2.75, 3.05) is 11.4 Å². The first-order valence-corrected chi connectivity index (χ1v) is 7.35. The molecule has 0 bridgehead atoms. The van der Waals surface area contributed by atoms with Gasteiger partial charge in [-0.2, -0.15) is 0 Å². The summed E-state index contributed by atoms with van der Waals surface area (Å²) >= 11 is 0. The van der Waals surface area contributed by atoms with E-state index < -0.39 is 5.97 Å². The number of nitrogens with zero attached hydrogens (tertiary/aromatic N) is 1. The van der Waals surface area contributed by atoms with E-state index in [1.54, 1.807) is 0 Å². The Balaban J connectivity index is 1.72. The minimum Gasteiger partial charge on any atom is -0.481 e. The largest absolute Gasteiger partial charge is 0.481 e.